The van der Waals surface area contributed by atoms with Crippen molar-refractivity contribution in [2.75, 3.05) is 5.75 Å². The number of aromatic nitrogens is 2. The molecule has 0 saturated carbocycles. The quantitative estimate of drug-likeness (QED) is 0.751. The number of nitrogens with zero attached hydrogens (tertiary/aromatic N) is 2. The molecule has 0 aliphatic heterocycles. The van der Waals surface area contributed by atoms with Crippen molar-refractivity contribution in [3.8, 4) is 11.4 Å². The third-order valence-electron chi connectivity index (χ3n) is 2.70. The van der Waals surface area contributed by atoms with Gasteiger partial charge in [0.25, 0.3) is 0 Å². The van der Waals surface area contributed by atoms with E-state index in [9.17, 15) is 0 Å². The van der Waals surface area contributed by atoms with Gasteiger partial charge in [0.2, 0.25) is 0 Å². The van der Waals surface area contributed by atoms with Crippen molar-refractivity contribution in [3.63, 3.8) is 0 Å². The molecule has 0 bridgehead atoms. The summed E-state index contributed by atoms with van der Waals surface area (Å²) in [4.78, 5) is 10.2. The maximum absolute atomic E-state index is 4.53. The van der Waals surface area contributed by atoms with Gasteiger partial charge in [-0.05, 0) is 35.9 Å². The molecule has 2 aromatic heterocycles. The SMILES string of the molecule is CCCc1cccnc1-c1ccc(SCC)cn1. The predicted molar refractivity (Wildman–Crippen MR) is 77.9 cm³/mol. The first-order valence-corrected chi connectivity index (χ1v) is 7.36. The number of aryl methyl sites for hydroxylation is 1. The molecule has 2 aromatic rings. The van der Waals surface area contributed by atoms with Gasteiger partial charge in [-0.1, -0.05) is 26.3 Å². The van der Waals surface area contributed by atoms with Crippen molar-refractivity contribution in [1.29, 1.82) is 0 Å². The van der Waals surface area contributed by atoms with Crippen LogP contribution in [-0.4, -0.2) is 15.7 Å². The standard InChI is InChI=1S/C15H18N2S/c1-3-6-12-7-5-10-16-15(12)14-9-8-13(11-17-14)18-4-2/h5,7-11H,3-4,6H2,1-2H3. The van der Waals surface area contributed by atoms with Gasteiger partial charge < -0.3 is 0 Å². The molecule has 0 spiro atoms. The minimum absolute atomic E-state index is 0.972. The van der Waals surface area contributed by atoms with Crippen LogP contribution in [-0.2, 0) is 6.42 Å². The van der Waals surface area contributed by atoms with E-state index >= 15 is 0 Å². The molecule has 2 rings (SSSR count). The van der Waals surface area contributed by atoms with Gasteiger partial charge in [-0.3, -0.25) is 9.97 Å². The highest BCUT2D eigenvalue weighted by Gasteiger charge is 2.06. The first-order valence-electron chi connectivity index (χ1n) is 6.38. The lowest BCUT2D eigenvalue weighted by molar-refractivity contribution is 0.914. The molecule has 0 N–H and O–H groups in total. The first kappa shape index (κ1) is 13.1. The highest BCUT2D eigenvalue weighted by atomic mass is 32.2. The first-order chi connectivity index (χ1) is 8.85. The summed E-state index contributed by atoms with van der Waals surface area (Å²) in [5.41, 5.74) is 3.27. The highest BCUT2D eigenvalue weighted by Crippen LogP contribution is 2.23. The second kappa shape index (κ2) is 6.55. The van der Waals surface area contributed by atoms with E-state index in [1.807, 2.05) is 30.2 Å². The summed E-state index contributed by atoms with van der Waals surface area (Å²) in [6.07, 6.45) is 5.96. The summed E-state index contributed by atoms with van der Waals surface area (Å²) in [5, 5.41) is 0. The van der Waals surface area contributed by atoms with Crippen LogP contribution >= 0.6 is 11.8 Å². The van der Waals surface area contributed by atoms with Crippen LogP contribution in [0.3, 0.4) is 0 Å². The van der Waals surface area contributed by atoms with Gasteiger partial charge in [-0.25, -0.2) is 0 Å². The van der Waals surface area contributed by atoms with Gasteiger partial charge >= 0.3 is 0 Å². The van der Waals surface area contributed by atoms with Crippen molar-refractivity contribution in [2.45, 2.75) is 31.6 Å². The summed E-state index contributed by atoms with van der Waals surface area (Å²) in [5.74, 6) is 1.08. The molecule has 0 unspecified atom stereocenters. The fourth-order valence-corrected chi connectivity index (χ4v) is 2.54. The van der Waals surface area contributed by atoms with Gasteiger partial charge in [-0.2, -0.15) is 0 Å². The predicted octanol–water partition coefficient (Wildman–Crippen LogP) is 4.21. The van der Waals surface area contributed by atoms with Crippen LogP contribution in [0.15, 0.2) is 41.6 Å². The molecule has 0 atom stereocenters. The molecule has 3 heteroatoms. The minimum Gasteiger partial charge on any atom is -0.254 e. The van der Waals surface area contributed by atoms with E-state index in [1.54, 1.807) is 0 Å². The van der Waals surface area contributed by atoms with Crippen LogP contribution in [0.5, 0.6) is 0 Å². The minimum atomic E-state index is 0.972. The Labute approximate surface area is 113 Å². The number of pyridine rings is 2. The molecule has 0 aliphatic rings. The van der Waals surface area contributed by atoms with Crippen molar-refractivity contribution >= 4 is 11.8 Å². The van der Waals surface area contributed by atoms with E-state index in [0.29, 0.717) is 0 Å². The van der Waals surface area contributed by atoms with Gasteiger partial charge in [-0.15, -0.1) is 11.8 Å². The van der Waals surface area contributed by atoms with E-state index in [-0.39, 0.29) is 0 Å². The average molecular weight is 258 g/mol. The number of hydrogen-bond acceptors (Lipinski definition) is 3. The Kier molecular flexibility index (Phi) is 4.76. The summed E-state index contributed by atoms with van der Waals surface area (Å²) >= 11 is 1.81. The zero-order valence-corrected chi connectivity index (χ0v) is 11.7. The van der Waals surface area contributed by atoms with Crippen LogP contribution < -0.4 is 0 Å². The van der Waals surface area contributed by atoms with E-state index in [2.05, 4.69) is 42.0 Å². The second-order valence-electron chi connectivity index (χ2n) is 4.07. The Balaban J connectivity index is 2.30. The summed E-state index contributed by atoms with van der Waals surface area (Å²) in [6, 6.07) is 8.33. The molecule has 0 radical (unpaired) electrons. The topological polar surface area (TPSA) is 25.8 Å². The Hall–Kier alpha value is -1.35. The fraction of sp³-hybridized carbons (Fsp3) is 0.333. The van der Waals surface area contributed by atoms with Crippen molar-refractivity contribution in [2.24, 2.45) is 0 Å². The normalized spacial score (nSPS) is 10.6. The monoisotopic (exact) mass is 258 g/mol. The van der Waals surface area contributed by atoms with Crippen molar-refractivity contribution < 1.29 is 0 Å². The van der Waals surface area contributed by atoms with Crippen LogP contribution in [0.4, 0.5) is 0 Å². The van der Waals surface area contributed by atoms with Crippen molar-refractivity contribution in [3.05, 3.63) is 42.2 Å². The molecule has 0 saturated heterocycles. The Morgan fingerprint density at radius 1 is 1.11 bits per heavy atom. The maximum atomic E-state index is 4.53. The second-order valence-corrected chi connectivity index (χ2v) is 5.41. The van der Waals surface area contributed by atoms with Crippen LogP contribution in [0, 0.1) is 0 Å². The molecular formula is C15H18N2S. The largest absolute Gasteiger partial charge is 0.254 e. The van der Waals surface area contributed by atoms with Gasteiger partial charge in [0.1, 0.15) is 0 Å². The molecule has 0 aromatic carbocycles. The van der Waals surface area contributed by atoms with Crippen molar-refractivity contribution in [1.82, 2.24) is 9.97 Å². The lowest BCUT2D eigenvalue weighted by atomic mass is 10.1. The Bertz CT molecular complexity index is 494. The Morgan fingerprint density at radius 3 is 2.67 bits per heavy atom. The Morgan fingerprint density at radius 2 is 2.00 bits per heavy atom. The maximum Gasteiger partial charge on any atom is 0.0918 e. The zero-order chi connectivity index (χ0) is 12.8. The van der Waals surface area contributed by atoms with E-state index < -0.39 is 0 Å². The molecule has 18 heavy (non-hydrogen) atoms. The van der Waals surface area contributed by atoms with Crippen LogP contribution in [0.1, 0.15) is 25.8 Å². The molecule has 2 heterocycles. The van der Waals surface area contributed by atoms with E-state index in [1.165, 1.54) is 10.5 Å². The third-order valence-corrected chi connectivity index (χ3v) is 3.56. The highest BCUT2D eigenvalue weighted by molar-refractivity contribution is 7.99. The molecular weight excluding hydrogens is 240 g/mol. The molecule has 0 amide bonds. The average Bonchev–Trinajstić information content (AvgIpc) is 2.41. The fourth-order valence-electron chi connectivity index (χ4n) is 1.91. The van der Waals surface area contributed by atoms with Crippen LogP contribution in [0.25, 0.3) is 11.4 Å². The summed E-state index contributed by atoms with van der Waals surface area (Å²) in [7, 11) is 0. The van der Waals surface area contributed by atoms with Gasteiger partial charge in [0.05, 0.1) is 11.4 Å². The molecule has 2 nitrogen and oxygen atoms in total. The van der Waals surface area contributed by atoms with Gasteiger partial charge in [0, 0.05) is 17.3 Å². The number of rotatable bonds is 5. The third kappa shape index (κ3) is 3.10. The number of thioether (sulfide) groups is 1. The summed E-state index contributed by atoms with van der Waals surface area (Å²) < 4.78 is 0. The molecule has 0 aliphatic carbocycles. The lowest BCUT2D eigenvalue weighted by Gasteiger charge is -2.07. The molecule has 0 fully saturated rings. The smallest absolute Gasteiger partial charge is 0.0918 e. The zero-order valence-electron chi connectivity index (χ0n) is 10.9. The number of hydrogen-bond donors (Lipinski definition) is 0. The lowest BCUT2D eigenvalue weighted by Crippen LogP contribution is -1.94. The van der Waals surface area contributed by atoms with Crippen LogP contribution in [0.2, 0.25) is 0 Å². The van der Waals surface area contributed by atoms with E-state index in [0.717, 1.165) is 30.0 Å². The van der Waals surface area contributed by atoms with E-state index in [4.69, 9.17) is 0 Å². The molecule has 94 valence electrons. The van der Waals surface area contributed by atoms with Gasteiger partial charge in [0.15, 0.2) is 0 Å². The summed E-state index contributed by atoms with van der Waals surface area (Å²) in [6.45, 7) is 4.34.